The predicted octanol–water partition coefficient (Wildman–Crippen LogP) is 1.82. The maximum Gasteiger partial charge on any atom is 0.124 e. The average Bonchev–Trinajstić information content (AvgIpc) is 2.87. The number of rotatable bonds is 2. The second-order valence-corrected chi connectivity index (χ2v) is 4.10. The number of anilines is 1. The molecule has 1 N–H and O–H groups in total. The third kappa shape index (κ3) is 1.79. The van der Waals surface area contributed by atoms with Gasteiger partial charge in [0, 0.05) is 24.7 Å². The minimum Gasteiger partial charge on any atom is -0.488 e. The summed E-state index contributed by atoms with van der Waals surface area (Å²) >= 11 is 0. The molecular weight excluding hydrogens is 190 g/mol. The van der Waals surface area contributed by atoms with Crippen LogP contribution in [-0.2, 0) is 11.2 Å². The van der Waals surface area contributed by atoms with Crippen LogP contribution in [0.4, 0.5) is 5.69 Å². The van der Waals surface area contributed by atoms with Crippen molar-refractivity contribution in [2.75, 3.05) is 25.1 Å². The van der Waals surface area contributed by atoms with Gasteiger partial charge in [-0.2, -0.15) is 0 Å². The molecule has 0 radical (unpaired) electrons. The van der Waals surface area contributed by atoms with Crippen LogP contribution in [0.5, 0.6) is 5.75 Å². The Hall–Kier alpha value is -1.22. The standard InChI is InChI=1S/C12H15NO2/c1-2-10(15-11-4-6-14-8-11)7-12-9(1)3-5-13-12/h1-2,7,11,13H,3-6,8H2. The summed E-state index contributed by atoms with van der Waals surface area (Å²) in [6.07, 6.45) is 2.37. The molecule has 2 heterocycles. The summed E-state index contributed by atoms with van der Waals surface area (Å²) < 4.78 is 11.1. The number of benzene rings is 1. The molecule has 0 aliphatic carbocycles. The number of ether oxygens (including phenoxy) is 2. The number of hydrogen-bond donors (Lipinski definition) is 1. The molecule has 1 aromatic carbocycles. The second kappa shape index (κ2) is 3.74. The first-order valence-corrected chi connectivity index (χ1v) is 5.53. The fraction of sp³-hybridized carbons (Fsp3) is 0.500. The van der Waals surface area contributed by atoms with Crippen molar-refractivity contribution in [2.24, 2.45) is 0 Å². The Kier molecular flexibility index (Phi) is 2.25. The van der Waals surface area contributed by atoms with Crippen LogP contribution >= 0.6 is 0 Å². The lowest BCUT2D eigenvalue weighted by Crippen LogP contribution is -2.15. The molecule has 0 amide bonds. The van der Waals surface area contributed by atoms with E-state index >= 15 is 0 Å². The molecule has 3 heteroatoms. The third-order valence-corrected chi connectivity index (χ3v) is 2.98. The van der Waals surface area contributed by atoms with E-state index in [4.69, 9.17) is 9.47 Å². The van der Waals surface area contributed by atoms with Crippen LogP contribution < -0.4 is 10.1 Å². The van der Waals surface area contributed by atoms with Crippen LogP contribution in [0.15, 0.2) is 18.2 Å². The molecule has 1 fully saturated rings. The van der Waals surface area contributed by atoms with Crippen molar-refractivity contribution in [1.82, 2.24) is 0 Å². The van der Waals surface area contributed by atoms with Crippen LogP contribution in [0.1, 0.15) is 12.0 Å². The van der Waals surface area contributed by atoms with Crippen molar-refractivity contribution in [2.45, 2.75) is 18.9 Å². The number of hydrogen-bond acceptors (Lipinski definition) is 3. The SMILES string of the molecule is c1cc2c(cc1OC1CCOC1)NCC2. The smallest absolute Gasteiger partial charge is 0.124 e. The molecule has 80 valence electrons. The van der Waals surface area contributed by atoms with Gasteiger partial charge >= 0.3 is 0 Å². The second-order valence-electron chi connectivity index (χ2n) is 4.10. The molecule has 1 unspecified atom stereocenters. The summed E-state index contributed by atoms with van der Waals surface area (Å²) in [7, 11) is 0. The van der Waals surface area contributed by atoms with E-state index in [1.54, 1.807) is 0 Å². The molecule has 0 aromatic heterocycles. The lowest BCUT2D eigenvalue weighted by molar-refractivity contribution is 0.141. The van der Waals surface area contributed by atoms with Crippen molar-refractivity contribution in [3.8, 4) is 5.75 Å². The van der Waals surface area contributed by atoms with E-state index < -0.39 is 0 Å². The largest absolute Gasteiger partial charge is 0.488 e. The van der Waals surface area contributed by atoms with Crippen LogP contribution in [-0.4, -0.2) is 25.9 Å². The fourth-order valence-electron chi connectivity index (χ4n) is 2.14. The highest BCUT2D eigenvalue weighted by Crippen LogP contribution is 2.28. The highest BCUT2D eigenvalue weighted by molar-refractivity contribution is 5.58. The Labute approximate surface area is 89.4 Å². The molecule has 1 saturated heterocycles. The van der Waals surface area contributed by atoms with Crippen molar-refractivity contribution < 1.29 is 9.47 Å². The van der Waals surface area contributed by atoms with Crippen LogP contribution in [0.3, 0.4) is 0 Å². The van der Waals surface area contributed by atoms with Crippen molar-refractivity contribution in [1.29, 1.82) is 0 Å². The first kappa shape index (κ1) is 9.04. The number of nitrogens with one attached hydrogen (secondary N) is 1. The van der Waals surface area contributed by atoms with E-state index in [-0.39, 0.29) is 6.10 Å². The Morgan fingerprint density at radius 3 is 3.27 bits per heavy atom. The summed E-state index contributed by atoms with van der Waals surface area (Å²) in [5.74, 6) is 0.957. The van der Waals surface area contributed by atoms with Gasteiger partial charge in [0.2, 0.25) is 0 Å². The monoisotopic (exact) mass is 205 g/mol. The maximum absolute atomic E-state index is 5.84. The fourth-order valence-corrected chi connectivity index (χ4v) is 2.14. The maximum atomic E-state index is 5.84. The zero-order valence-electron chi connectivity index (χ0n) is 8.66. The highest BCUT2D eigenvalue weighted by Gasteiger charge is 2.18. The Balaban J connectivity index is 1.75. The third-order valence-electron chi connectivity index (χ3n) is 2.98. The van der Waals surface area contributed by atoms with E-state index in [1.807, 2.05) is 0 Å². The van der Waals surface area contributed by atoms with Gasteiger partial charge in [0.15, 0.2) is 0 Å². The highest BCUT2D eigenvalue weighted by atomic mass is 16.5. The quantitative estimate of drug-likeness (QED) is 0.799. The summed E-state index contributed by atoms with van der Waals surface area (Å²) in [6.45, 7) is 2.60. The van der Waals surface area contributed by atoms with Crippen molar-refractivity contribution in [3.05, 3.63) is 23.8 Å². The Bertz CT molecular complexity index is 359. The van der Waals surface area contributed by atoms with Gasteiger partial charge in [-0.05, 0) is 18.1 Å². The van der Waals surface area contributed by atoms with Gasteiger partial charge in [0.25, 0.3) is 0 Å². The van der Waals surface area contributed by atoms with E-state index in [0.29, 0.717) is 0 Å². The lowest BCUT2D eigenvalue weighted by atomic mass is 10.1. The first-order valence-electron chi connectivity index (χ1n) is 5.53. The molecule has 1 atom stereocenters. The van der Waals surface area contributed by atoms with E-state index in [2.05, 4.69) is 23.5 Å². The normalized spacial score (nSPS) is 23.6. The molecule has 2 aliphatic rings. The molecule has 0 saturated carbocycles. The lowest BCUT2D eigenvalue weighted by Gasteiger charge is -2.12. The minimum atomic E-state index is 0.240. The zero-order chi connectivity index (χ0) is 10.1. The molecule has 3 rings (SSSR count). The topological polar surface area (TPSA) is 30.5 Å². The minimum absolute atomic E-state index is 0.240. The van der Waals surface area contributed by atoms with Gasteiger partial charge in [-0.15, -0.1) is 0 Å². The van der Waals surface area contributed by atoms with Crippen molar-refractivity contribution in [3.63, 3.8) is 0 Å². The van der Waals surface area contributed by atoms with Gasteiger partial charge in [0.1, 0.15) is 11.9 Å². The molecule has 0 bridgehead atoms. The molecule has 15 heavy (non-hydrogen) atoms. The predicted molar refractivity (Wildman–Crippen MR) is 58.5 cm³/mol. The summed E-state index contributed by atoms with van der Waals surface area (Å²) in [5.41, 5.74) is 2.62. The van der Waals surface area contributed by atoms with Crippen molar-refractivity contribution >= 4 is 5.69 Å². The number of fused-ring (bicyclic) bond motifs is 1. The summed E-state index contributed by atoms with van der Waals surface area (Å²) in [5, 5.41) is 3.35. The molecule has 3 nitrogen and oxygen atoms in total. The van der Waals surface area contributed by atoms with Gasteiger partial charge < -0.3 is 14.8 Å². The van der Waals surface area contributed by atoms with Gasteiger partial charge in [-0.3, -0.25) is 0 Å². The van der Waals surface area contributed by atoms with Crippen LogP contribution in [0.25, 0.3) is 0 Å². The Morgan fingerprint density at radius 2 is 2.40 bits per heavy atom. The molecule has 0 spiro atoms. The van der Waals surface area contributed by atoms with Gasteiger partial charge in [-0.1, -0.05) is 6.07 Å². The molecule has 1 aromatic rings. The summed E-state index contributed by atoms with van der Waals surface area (Å²) in [6, 6.07) is 6.31. The average molecular weight is 205 g/mol. The molecular formula is C12H15NO2. The van der Waals surface area contributed by atoms with Crippen LogP contribution in [0, 0.1) is 0 Å². The van der Waals surface area contributed by atoms with Gasteiger partial charge in [-0.25, -0.2) is 0 Å². The zero-order valence-corrected chi connectivity index (χ0v) is 8.66. The van der Waals surface area contributed by atoms with E-state index in [1.165, 1.54) is 11.3 Å². The summed E-state index contributed by atoms with van der Waals surface area (Å²) in [4.78, 5) is 0. The van der Waals surface area contributed by atoms with Gasteiger partial charge in [0.05, 0.1) is 13.2 Å². The Morgan fingerprint density at radius 1 is 1.40 bits per heavy atom. The van der Waals surface area contributed by atoms with E-state index in [9.17, 15) is 0 Å². The first-order chi connectivity index (χ1) is 7.42. The van der Waals surface area contributed by atoms with E-state index in [0.717, 1.165) is 38.3 Å². The molecule has 2 aliphatic heterocycles. The van der Waals surface area contributed by atoms with Crippen LogP contribution in [0.2, 0.25) is 0 Å².